The van der Waals surface area contributed by atoms with Crippen LogP contribution in [0.5, 0.6) is 5.75 Å². The normalized spacial score (nSPS) is 11.5. The molecule has 116 valence electrons. The number of aromatic hydroxyl groups is 1. The van der Waals surface area contributed by atoms with Gasteiger partial charge in [-0.3, -0.25) is 4.79 Å². The van der Waals surface area contributed by atoms with Gasteiger partial charge in [-0.1, -0.05) is 23.2 Å². The van der Waals surface area contributed by atoms with Gasteiger partial charge >= 0.3 is 0 Å². The molecular weight excluding hydrogens is 349 g/mol. The van der Waals surface area contributed by atoms with Crippen LogP contribution < -0.4 is 5.14 Å². The molecule has 0 aromatic heterocycles. The third-order valence-electron chi connectivity index (χ3n) is 3.10. The highest BCUT2D eigenvalue weighted by Gasteiger charge is 2.20. The molecule has 0 atom stereocenters. The summed E-state index contributed by atoms with van der Waals surface area (Å²) in [5.74, 6) is -0.544. The summed E-state index contributed by atoms with van der Waals surface area (Å²) < 4.78 is 22.9. The molecule has 0 unspecified atom stereocenters. The molecule has 0 spiro atoms. The average molecular weight is 360 g/mol. The summed E-state index contributed by atoms with van der Waals surface area (Å²) in [5.41, 5.74) is 0.563. The summed E-state index contributed by atoms with van der Waals surface area (Å²) in [6, 6.07) is 6.44. The zero-order chi connectivity index (χ0) is 16.7. The van der Waals surface area contributed by atoms with Crippen LogP contribution in [0.4, 0.5) is 0 Å². The highest BCUT2D eigenvalue weighted by atomic mass is 35.5. The van der Waals surface area contributed by atoms with Gasteiger partial charge < -0.3 is 5.11 Å². The molecule has 0 aliphatic carbocycles. The highest BCUT2D eigenvalue weighted by Crippen LogP contribution is 2.30. The van der Waals surface area contributed by atoms with E-state index in [9.17, 15) is 18.3 Å². The molecule has 0 saturated carbocycles. The summed E-state index contributed by atoms with van der Waals surface area (Å²) >= 11 is 11.8. The number of sulfonamides is 1. The Labute approximate surface area is 137 Å². The Morgan fingerprint density at radius 2 is 1.82 bits per heavy atom. The number of carbonyl (C=O) groups excluding carboxylic acids is 1. The van der Waals surface area contributed by atoms with Crippen molar-refractivity contribution in [2.45, 2.75) is 11.8 Å². The van der Waals surface area contributed by atoms with E-state index in [1.54, 1.807) is 6.92 Å². The summed E-state index contributed by atoms with van der Waals surface area (Å²) in [6.45, 7) is 1.56. The average Bonchev–Trinajstić information content (AvgIpc) is 2.43. The van der Waals surface area contributed by atoms with Gasteiger partial charge in [0, 0.05) is 16.7 Å². The quantitative estimate of drug-likeness (QED) is 0.823. The van der Waals surface area contributed by atoms with Crippen molar-refractivity contribution in [2.75, 3.05) is 0 Å². The lowest BCUT2D eigenvalue weighted by Crippen LogP contribution is -2.14. The minimum absolute atomic E-state index is 0.0390. The molecule has 2 rings (SSSR count). The number of phenols is 1. The number of carbonyl (C=O) groups is 1. The van der Waals surface area contributed by atoms with Crippen molar-refractivity contribution in [3.05, 3.63) is 57.1 Å². The molecule has 5 nitrogen and oxygen atoms in total. The first-order valence-electron chi connectivity index (χ1n) is 5.98. The molecule has 0 fully saturated rings. The van der Waals surface area contributed by atoms with Crippen molar-refractivity contribution in [1.82, 2.24) is 0 Å². The lowest BCUT2D eigenvalue weighted by molar-refractivity contribution is 0.103. The molecule has 0 aliphatic heterocycles. The van der Waals surface area contributed by atoms with Crippen LogP contribution in [0.15, 0.2) is 35.2 Å². The molecule has 8 heteroatoms. The number of hydrogen-bond acceptors (Lipinski definition) is 4. The Kier molecular flexibility index (Phi) is 4.49. The van der Waals surface area contributed by atoms with Gasteiger partial charge in [0.15, 0.2) is 5.78 Å². The van der Waals surface area contributed by atoms with E-state index in [1.165, 1.54) is 24.3 Å². The second-order valence-electron chi connectivity index (χ2n) is 4.59. The molecule has 2 aromatic rings. The number of ketones is 1. The zero-order valence-electron chi connectivity index (χ0n) is 11.3. The van der Waals surface area contributed by atoms with Gasteiger partial charge in [-0.05, 0) is 37.3 Å². The molecular formula is C14H11Cl2NO4S. The Hall–Kier alpha value is -1.60. The van der Waals surface area contributed by atoms with E-state index in [1.807, 2.05) is 0 Å². The van der Waals surface area contributed by atoms with Crippen LogP contribution in [0.25, 0.3) is 0 Å². The summed E-state index contributed by atoms with van der Waals surface area (Å²) in [7, 11) is -4.05. The molecule has 0 aliphatic rings. The number of benzene rings is 2. The Balaban J connectivity index is 2.59. The molecule has 0 heterocycles. The van der Waals surface area contributed by atoms with Gasteiger partial charge in [-0.15, -0.1) is 0 Å². The predicted molar refractivity (Wildman–Crippen MR) is 84.1 cm³/mol. The molecule has 0 radical (unpaired) electrons. The Bertz CT molecular complexity index is 879. The molecule has 0 saturated heterocycles. The van der Waals surface area contributed by atoms with E-state index in [4.69, 9.17) is 28.3 Å². The standard InChI is InChI=1S/C14H11Cl2NO4S/c1-7-11(18)5-3-9(13(7)16)14(19)8-2-4-10(15)12(6-8)22(17,20)21/h2-6,18H,1H3,(H2,17,20,21). The smallest absolute Gasteiger partial charge is 0.239 e. The first kappa shape index (κ1) is 16.8. The highest BCUT2D eigenvalue weighted by molar-refractivity contribution is 7.89. The summed E-state index contributed by atoms with van der Waals surface area (Å²) in [5, 5.41) is 14.6. The second kappa shape index (κ2) is 5.89. The van der Waals surface area contributed by atoms with Crippen molar-refractivity contribution < 1.29 is 18.3 Å². The van der Waals surface area contributed by atoms with Crippen LogP contribution in [-0.4, -0.2) is 19.3 Å². The van der Waals surface area contributed by atoms with Crippen molar-refractivity contribution in [1.29, 1.82) is 0 Å². The van der Waals surface area contributed by atoms with Crippen molar-refractivity contribution in [3.8, 4) is 5.75 Å². The number of halogens is 2. The number of rotatable bonds is 3. The third-order valence-corrected chi connectivity index (χ3v) is 4.98. The lowest BCUT2D eigenvalue weighted by atomic mass is 10.0. The topological polar surface area (TPSA) is 97.5 Å². The largest absolute Gasteiger partial charge is 0.508 e. The van der Waals surface area contributed by atoms with Gasteiger partial charge in [0.25, 0.3) is 0 Å². The van der Waals surface area contributed by atoms with E-state index >= 15 is 0 Å². The van der Waals surface area contributed by atoms with E-state index in [0.717, 1.165) is 6.07 Å². The maximum atomic E-state index is 12.5. The molecule has 0 amide bonds. The van der Waals surface area contributed by atoms with Crippen LogP contribution in [0.1, 0.15) is 21.5 Å². The first-order chi connectivity index (χ1) is 10.1. The van der Waals surface area contributed by atoms with E-state index < -0.39 is 15.8 Å². The maximum absolute atomic E-state index is 12.5. The number of primary sulfonamides is 1. The fraction of sp³-hybridized carbons (Fsp3) is 0.0714. The van der Waals surface area contributed by atoms with E-state index in [-0.39, 0.29) is 31.8 Å². The van der Waals surface area contributed by atoms with Crippen LogP contribution in [0.3, 0.4) is 0 Å². The summed E-state index contributed by atoms with van der Waals surface area (Å²) in [4.78, 5) is 12.1. The minimum Gasteiger partial charge on any atom is -0.508 e. The number of nitrogens with two attached hydrogens (primary N) is 1. The monoisotopic (exact) mass is 359 g/mol. The van der Waals surface area contributed by atoms with Crippen molar-refractivity contribution >= 4 is 39.0 Å². The third kappa shape index (κ3) is 3.10. The Morgan fingerprint density at radius 1 is 1.18 bits per heavy atom. The van der Waals surface area contributed by atoms with Crippen LogP contribution in [-0.2, 0) is 10.0 Å². The SMILES string of the molecule is Cc1c(O)ccc(C(=O)c2ccc(Cl)c(S(N)(=O)=O)c2)c1Cl. The van der Waals surface area contributed by atoms with Crippen molar-refractivity contribution in [3.63, 3.8) is 0 Å². The fourth-order valence-corrected chi connectivity index (χ4v) is 3.19. The van der Waals surface area contributed by atoms with Crippen LogP contribution in [0.2, 0.25) is 10.0 Å². The maximum Gasteiger partial charge on any atom is 0.239 e. The molecule has 3 N–H and O–H groups in total. The molecule has 22 heavy (non-hydrogen) atoms. The minimum atomic E-state index is -4.05. The van der Waals surface area contributed by atoms with E-state index in [0.29, 0.717) is 5.56 Å². The summed E-state index contributed by atoms with van der Waals surface area (Å²) in [6.07, 6.45) is 0. The molecule has 0 bridgehead atoms. The predicted octanol–water partition coefficient (Wildman–Crippen LogP) is 2.89. The lowest BCUT2D eigenvalue weighted by Gasteiger charge is -2.09. The van der Waals surface area contributed by atoms with Gasteiger partial charge in [0.05, 0.1) is 10.0 Å². The van der Waals surface area contributed by atoms with E-state index in [2.05, 4.69) is 0 Å². The van der Waals surface area contributed by atoms with Crippen LogP contribution in [0, 0.1) is 6.92 Å². The first-order valence-corrected chi connectivity index (χ1v) is 8.28. The van der Waals surface area contributed by atoms with Crippen LogP contribution >= 0.6 is 23.2 Å². The molecule has 2 aromatic carbocycles. The van der Waals surface area contributed by atoms with Gasteiger partial charge in [-0.2, -0.15) is 0 Å². The van der Waals surface area contributed by atoms with Gasteiger partial charge in [0.1, 0.15) is 10.6 Å². The number of hydrogen-bond donors (Lipinski definition) is 2. The zero-order valence-corrected chi connectivity index (χ0v) is 13.6. The fourth-order valence-electron chi connectivity index (χ4n) is 1.87. The van der Waals surface area contributed by atoms with Gasteiger partial charge in [-0.25, -0.2) is 13.6 Å². The Morgan fingerprint density at radius 3 is 2.41 bits per heavy atom. The number of phenolic OH excluding ortho intramolecular Hbond substituents is 1. The van der Waals surface area contributed by atoms with Gasteiger partial charge in [0.2, 0.25) is 10.0 Å². The van der Waals surface area contributed by atoms with Crippen molar-refractivity contribution in [2.24, 2.45) is 5.14 Å². The second-order valence-corrected chi connectivity index (χ2v) is 6.91.